The fourth-order valence-corrected chi connectivity index (χ4v) is 6.90. The molecular weight excluding hydrogens is 612 g/mol. The maximum atomic E-state index is 13.4. The van der Waals surface area contributed by atoms with E-state index in [0.29, 0.717) is 12.8 Å². The highest BCUT2D eigenvalue weighted by molar-refractivity contribution is 5.88. The number of carbonyl (C=O) groups excluding carboxylic acids is 5. The Morgan fingerprint density at radius 1 is 1.02 bits per heavy atom. The second-order valence-corrected chi connectivity index (χ2v) is 13.6. The predicted octanol–water partition coefficient (Wildman–Crippen LogP) is 4.17. The normalized spacial score (nSPS) is 34.1. The molecule has 1 aliphatic heterocycles. The Hall–Kier alpha value is -3.25. The predicted molar refractivity (Wildman–Crippen MR) is 168 cm³/mol. The van der Waals surface area contributed by atoms with Crippen LogP contribution in [-0.2, 0) is 47.7 Å². The van der Waals surface area contributed by atoms with Gasteiger partial charge in [-0.1, -0.05) is 52.5 Å². The number of fused-ring (bicyclic) bond motifs is 3. The Morgan fingerprint density at radius 3 is 2.23 bits per heavy atom. The summed E-state index contributed by atoms with van der Waals surface area (Å²) in [7, 11) is 0. The largest absolute Gasteiger partial charge is 0.459 e. The summed E-state index contributed by atoms with van der Waals surface area (Å²) in [4.78, 5) is 65.6. The lowest BCUT2D eigenvalue weighted by molar-refractivity contribution is -0.214. The van der Waals surface area contributed by atoms with E-state index in [2.05, 4.69) is 6.92 Å². The van der Waals surface area contributed by atoms with E-state index >= 15 is 0 Å². The third kappa shape index (κ3) is 7.28. The maximum Gasteiger partial charge on any atom is 0.341 e. The van der Waals surface area contributed by atoms with Gasteiger partial charge < -0.3 is 33.9 Å². The molecule has 1 heterocycles. The van der Waals surface area contributed by atoms with Gasteiger partial charge in [0.2, 0.25) is 0 Å². The average Bonchev–Trinajstić information content (AvgIpc) is 3.33. The summed E-state index contributed by atoms with van der Waals surface area (Å²) in [5.41, 5.74) is -6.16. The minimum atomic E-state index is -2.58. The number of hydrogen-bond acceptors (Lipinski definition) is 12. The first-order valence-electron chi connectivity index (χ1n) is 16.7. The topological polar surface area (TPSA) is 172 Å². The molecule has 2 N–H and O–H groups in total. The van der Waals surface area contributed by atoms with Crippen molar-refractivity contribution < 1.29 is 57.9 Å². The van der Waals surface area contributed by atoms with E-state index in [0.717, 1.165) is 32.6 Å². The fraction of sp³-hybridized carbons (Fsp3) is 0.743. The van der Waals surface area contributed by atoms with Crippen molar-refractivity contribution in [3.8, 4) is 0 Å². The van der Waals surface area contributed by atoms with Crippen LogP contribution in [0.4, 0.5) is 0 Å². The van der Waals surface area contributed by atoms with E-state index in [4.69, 9.17) is 23.7 Å². The summed E-state index contributed by atoms with van der Waals surface area (Å²) < 4.78 is 29.5. The van der Waals surface area contributed by atoms with Gasteiger partial charge in [-0.2, -0.15) is 0 Å². The molecule has 2 fully saturated rings. The number of ether oxygens (including phenoxy) is 5. The first kappa shape index (κ1) is 38.2. The lowest BCUT2D eigenvalue weighted by atomic mass is 9.75. The van der Waals surface area contributed by atoms with Crippen LogP contribution in [0.3, 0.4) is 0 Å². The van der Waals surface area contributed by atoms with Crippen molar-refractivity contribution in [2.24, 2.45) is 11.8 Å². The second-order valence-electron chi connectivity index (χ2n) is 13.6. The zero-order valence-corrected chi connectivity index (χ0v) is 29.2. The van der Waals surface area contributed by atoms with Crippen molar-refractivity contribution >= 4 is 29.8 Å². The first-order chi connectivity index (χ1) is 21.9. The van der Waals surface area contributed by atoms with E-state index in [9.17, 15) is 34.2 Å². The zero-order valence-electron chi connectivity index (χ0n) is 29.2. The SMILES string of the molecule is C/C=C(/C)C(=O)O[C@H]1C(C)=C2[C@H]([C@@H]1OC(=O)CCCCCCC)[C@@](C)(OC(C)=O)C[C@H](OC(=O)[C@@H](C)CC)[C@@]1(O)[C@H]2OC(=O)[C@@]1(C)O. The lowest BCUT2D eigenvalue weighted by Gasteiger charge is -2.42. The molecule has 3 rings (SSSR count). The molecule has 12 nitrogen and oxygen atoms in total. The first-order valence-corrected chi connectivity index (χ1v) is 16.7. The van der Waals surface area contributed by atoms with Crippen LogP contribution in [-0.4, -0.2) is 81.3 Å². The molecule has 0 spiro atoms. The third-order valence-corrected chi connectivity index (χ3v) is 10.1. The standard InChI is InChI=1S/C35H52O12/c1-10-13-14-15-16-17-24(37)44-28-26-25(21(6)27(28)45-31(39)20(5)12-3)29-35(42,34(9,41)32(40)46-29)23(43-30(38)19(4)11-2)18-33(26,8)47-22(7)36/h12,19,23,26-29,41-42H,10-11,13-18H2,1-9H3/b20-12-/t19-,23-,26+,27-,28-,29-,33-,34+,35+/m0/s1. The number of allylic oxidation sites excluding steroid dienone is 1. The van der Waals surface area contributed by atoms with Crippen molar-refractivity contribution in [2.45, 2.75) is 155 Å². The van der Waals surface area contributed by atoms with Crippen molar-refractivity contribution in [3.63, 3.8) is 0 Å². The zero-order chi connectivity index (χ0) is 35.5. The molecule has 264 valence electrons. The van der Waals surface area contributed by atoms with Crippen LogP contribution in [0.2, 0.25) is 0 Å². The summed E-state index contributed by atoms with van der Waals surface area (Å²) in [5.74, 6) is -5.64. The van der Waals surface area contributed by atoms with E-state index < -0.39 is 89.3 Å². The molecule has 2 aliphatic carbocycles. The van der Waals surface area contributed by atoms with Gasteiger partial charge in [0.1, 0.15) is 11.7 Å². The number of rotatable bonds is 13. The quantitative estimate of drug-likeness (QED) is 0.0948. The molecule has 0 amide bonds. The molecule has 1 saturated heterocycles. The lowest BCUT2D eigenvalue weighted by Crippen LogP contribution is -2.64. The van der Waals surface area contributed by atoms with Crippen molar-refractivity contribution in [1.29, 1.82) is 0 Å². The fourth-order valence-electron chi connectivity index (χ4n) is 6.90. The number of aliphatic hydroxyl groups is 2. The molecule has 0 aromatic rings. The Kier molecular flexibility index (Phi) is 12.1. The van der Waals surface area contributed by atoms with Crippen LogP contribution in [0.15, 0.2) is 22.8 Å². The van der Waals surface area contributed by atoms with Gasteiger partial charge >= 0.3 is 29.8 Å². The summed E-state index contributed by atoms with van der Waals surface area (Å²) >= 11 is 0. The Morgan fingerprint density at radius 2 is 1.66 bits per heavy atom. The van der Waals surface area contributed by atoms with Gasteiger partial charge in [-0.25, -0.2) is 9.59 Å². The molecule has 9 atom stereocenters. The van der Waals surface area contributed by atoms with Crippen molar-refractivity contribution in [3.05, 3.63) is 22.8 Å². The van der Waals surface area contributed by atoms with Crippen molar-refractivity contribution in [1.82, 2.24) is 0 Å². The van der Waals surface area contributed by atoms with E-state index in [1.165, 1.54) is 13.8 Å². The van der Waals surface area contributed by atoms with Crippen molar-refractivity contribution in [2.75, 3.05) is 0 Å². The molecule has 0 bridgehead atoms. The number of esters is 5. The summed E-state index contributed by atoms with van der Waals surface area (Å²) in [6, 6.07) is 0. The molecule has 0 unspecified atom stereocenters. The van der Waals surface area contributed by atoms with Crippen LogP contribution in [0.5, 0.6) is 0 Å². The van der Waals surface area contributed by atoms with E-state index in [1.54, 1.807) is 40.7 Å². The average molecular weight is 665 g/mol. The summed E-state index contributed by atoms with van der Waals surface area (Å²) in [5, 5.41) is 24.0. The van der Waals surface area contributed by atoms with Gasteiger partial charge in [0.05, 0.1) is 11.8 Å². The van der Waals surface area contributed by atoms with E-state index in [1.807, 2.05) is 0 Å². The highest BCUT2D eigenvalue weighted by Gasteiger charge is 2.76. The molecule has 0 radical (unpaired) electrons. The van der Waals surface area contributed by atoms with Gasteiger partial charge in [0, 0.05) is 25.3 Å². The number of hydrogen-bond donors (Lipinski definition) is 2. The van der Waals surface area contributed by atoms with E-state index in [-0.39, 0.29) is 23.1 Å². The Balaban J connectivity index is 2.24. The van der Waals surface area contributed by atoms with Gasteiger partial charge in [0.25, 0.3) is 0 Å². The molecule has 3 aliphatic rings. The molecule has 1 saturated carbocycles. The molecule has 12 heteroatoms. The molecule has 0 aromatic heterocycles. The highest BCUT2D eigenvalue weighted by Crippen LogP contribution is 2.57. The van der Waals surface area contributed by atoms with Crippen LogP contribution >= 0.6 is 0 Å². The van der Waals surface area contributed by atoms with Crippen LogP contribution < -0.4 is 0 Å². The van der Waals surface area contributed by atoms with Gasteiger partial charge in [-0.3, -0.25) is 14.4 Å². The molecular formula is C35H52O12. The second kappa shape index (κ2) is 14.9. The highest BCUT2D eigenvalue weighted by atomic mass is 16.6. The Bertz CT molecular complexity index is 1300. The number of carbonyl (C=O) groups is 5. The maximum absolute atomic E-state index is 13.4. The smallest absolute Gasteiger partial charge is 0.341 e. The minimum Gasteiger partial charge on any atom is -0.459 e. The summed E-state index contributed by atoms with van der Waals surface area (Å²) in [6.07, 6.45) is 0.230. The third-order valence-electron chi connectivity index (χ3n) is 10.1. The van der Waals surface area contributed by atoms with Crippen LogP contribution in [0.1, 0.15) is 114 Å². The van der Waals surface area contributed by atoms with Crippen LogP contribution in [0, 0.1) is 11.8 Å². The van der Waals surface area contributed by atoms with Gasteiger partial charge in [0.15, 0.2) is 29.5 Å². The summed E-state index contributed by atoms with van der Waals surface area (Å²) in [6.45, 7) is 14.1. The van der Waals surface area contributed by atoms with Gasteiger partial charge in [-0.05, 0) is 58.6 Å². The monoisotopic (exact) mass is 664 g/mol. The Labute approximate surface area is 277 Å². The van der Waals surface area contributed by atoms with Gasteiger partial charge in [-0.15, -0.1) is 0 Å². The molecule has 47 heavy (non-hydrogen) atoms. The minimum absolute atomic E-state index is 0.0758. The van der Waals surface area contributed by atoms with Crippen LogP contribution in [0.25, 0.3) is 0 Å². The molecule has 0 aromatic carbocycles. The number of unbranched alkanes of at least 4 members (excludes halogenated alkanes) is 4.